The molecule has 1 saturated heterocycles. The highest BCUT2D eigenvalue weighted by Crippen LogP contribution is 2.28. The first-order valence-corrected chi connectivity index (χ1v) is 6.90. The molecule has 0 saturated carbocycles. The predicted octanol–water partition coefficient (Wildman–Crippen LogP) is 1.93. The van der Waals surface area contributed by atoms with Crippen molar-refractivity contribution in [2.24, 2.45) is 0 Å². The van der Waals surface area contributed by atoms with E-state index in [1.54, 1.807) is 19.2 Å². The van der Waals surface area contributed by atoms with Gasteiger partial charge in [0.15, 0.2) is 0 Å². The van der Waals surface area contributed by atoms with E-state index in [1.165, 1.54) is 6.07 Å². The summed E-state index contributed by atoms with van der Waals surface area (Å²) in [4.78, 5) is 23.0. The number of nitro benzene ring substituents is 1. The van der Waals surface area contributed by atoms with E-state index in [0.29, 0.717) is 18.7 Å². The maximum atomic E-state index is 12.3. The second-order valence-electron chi connectivity index (χ2n) is 5.09. The van der Waals surface area contributed by atoms with E-state index in [-0.39, 0.29) is 23.4 Å². The Hall–Kier alpha value is -2.15. The number of nitrogens with zero attached hydrogens (tertiary/aromatic N) is 1. The van der Waals surface area contributed by atoms with E-state index < -0.39 is 10.8 Å². The molecule has 0 aromatic heterocycles. The number of ether oxygens (including phenoxy) is 1. The number of para-hydroxylation sites is 1. The van der Waals surface area contributed by atoms with Crippen LogP contribution in [-0.4, -0.2) is 36.6 Å². The molecule has 1 aliphatic rings. The lowest BCUT2D eigenvalue weighted by molar-refractivity contribution is -0.384. The van der Waals surface area contributed by atoms with Gasteiger partial charge in [-0.1, -0.05) is 6.07 Å². The number of rotatable bonds is 4. The predicted molar refractivity (Wildman–Crippen MR) is 78.5 cm³/mol. The molecule has 114 valence electrons. The first-order valence-electron chi connectivity index (χ1n) is 6.90. The molecule has 1 aromatic rings. The molecule has 0 spiro atoms. The molecule has 1 fully saturated rings. The average Bonchev–Trinajstić information content (AvgIpc) is 2.46. The Balaban J connectivity index is 2.21. The van der Waals surface area contributed by atoms with Gasteiger partial charge in [-0.2, -0.15) is 0 Å². The maximum absolute atomic E-state index is 12.3. The first kappa shape index (κ1) is 15.2. The van der Waals surface area contributed by atoms with Gasteiger partial charge in [0.2, 0.25) is 0 Å². The van der Waals surface area contributed by atoms with Gasteiger partial charge in [-0.25, -0.2) is 0 Å². The van der Waals surface area contributed by atoms with E-state index in [1.807, 2.05) is 6.92 Å². The summed E-state index contributed by atoms with van der Waals surface area (Å²) in [6, 6.07) is 4.65. The summed E-state index contributed by atoms with van der Waals surface area (Å²) in [6.45, 7) is 2.53. The maximum Gasteiger partial charge on any atom is 0.305 e. The molecule has 21 heavy (non-hydrogen) atoms. The Morgan fingerprint density at radius 1 is 1.48 bits per heavy atom. The Morgan fingerprint density at radius 2 is 2.24 bits per heavy atom. The van der Waals surface area contributed by atoms with Crippen LogP contribution in [0.2, 0.25) is 0 Å². The normalized spacial score (nSPS) is 21.6. The van der Waals surface area contributed by atoms with Crippen LogP contribution in [0.3, 0.4) is 0 Å². The summed E-state index contributed by atoms with van der Waals surface area (Å²) in [5.74, 6) is -0.419. The molecule has 7 nitrogen and oxygen atoms in total. The third-order valence-electron chi connectivity index (χ3n) is 3.55. The van der Waals surface area contributed by atoms with Crippen LogP contribution in [0.4, 0.5) is 11.4 Å². The van der Waals surface area contributed by atoms with Gasteiger partial charge in [0, 0.05) is 19.7 Å². The van der Waals surface area contributed by atoms with Crippen molar-refractivity contribution in [3.8, 4) is 0 Å². The van der Waals surface area contributed by atoms with Gasteiger partial charge in [-0.3, -0.25) is 14.9 Å². The number of carbonyl (C=O) groups is 1. The summed E-state index contributed by atoms with van der Waals surface area (Å²) in [5, 5.41) is 16.8. The van der Waals surface area contributed by atoms with Crippen LogP contribution in [-0.2, 0) is 4.74 Å². The second-order valence-corrected chi connectivity index (χ2v) is 5.09. The van der Waals surface area contributed by atoms with Gasteiger partial charge in [-0.15, -0.1) is 0 Å². The number of carbonyl (C=O) groups excluding carboxylic acids is 1. The summed E-state index contributed by atoms with van der Waals surface area (Å²) in [5.41, 5.74) is 0.205. The molecule has 1 amide bonds. The minimum absolute atomic E-state index is 0.0147. The number of nitro groups is 1. The van der Waals surface area contributed by atoms with Gasteiger partial charge in [0.1, 0.15) is 11.3 Å². The third kappa shape index (κ3) is 3.49. The average molecular weight is 293 g/mol. The second kappa shape index (κ2) is 6.53. The van der Waals surface area contributed by atoms with Crippen molar-refractivity contribution >= 4 is 17.3 Å². The standard InChI is InChI=1S/C14H19N3O4/c1-9-8-10(6-7-21-9)16-14(18)11-4-3-5-12(15-2)13(11)17(19)20/h3-5,9-10,15H,6-8H2,1-2H3,(H,16,18). The molecule has 2 rings (SSSR count). The molecule has 2 N–H and O–H groups in total. The van der Waals surface area contributed by atoms with Crippen molar-refractivity contribution in [1.29, 1.82) is 0 Å². The fourth-order valence-electron chi connectivity index (χ4n) is 2.52. The molecule has 0 aliphatic carbocycles. The Kier molecular flexibility index (Phi) is 4.74. The molecular formula is C14H19N3O4. The number of nitrogens with one attached hydrogen (secondary N) is 2. The largest absolute Gasteiger partial charge is 0.383 e. The van der Waals surface area contributed by atoms with E-state index in [9.17, 15) is 14.9 Å². The number of hydrogen-bond acceptors (Lipinski definition) is 5. The molecule has 0 bridgehead atoms. The topological polar surface area (TPSA) is 93.5 Å². The highest BCUT2D eigenvalue weighted by atomic mass is 16.6. The van der Waals surface area contributed by atoms with E-state index >= 15 is 0 Å². The van der Waals surface area contributed by atoms with Crippen LogP contribution in [0.15, 0.2) is 18.2 Å². The molecular weight excluding hydrogens is 274 g/mol. The molecule has 7 heteroatoms. The molecule has 1 aliphatic heterocycles. The number of amides is 1. The van der Waals surface area contributed by atoms with Crippen molar-refractivity contribution in [3.63, 3.8) is 0 Å². The van der Waals surface area contributed by atoms with Crippen LogP contribution >= 0.6 is 0 Å². The van der Waals surface area contributed by atoms with Crippen molar-refractivity contribution in [2.75, 3.05) is 19.0 Å². The minimum atomic E-state index is -0.534. The fourth-order valence-corrected chi connectivity index (χ4v) is 2.52. The van der Waals surface area contributed by atoms with Crippen LogP contribution in [0.5, 0.6) is 0 Å². The third-order valence-corrected chi connectivity index (χ3v) is 3.55. The molecule has 2 unspecified atom stereocenters. The van der Waals surface area contributed by atoms with Crippen molar-refractivity contribution < 1.29 is 14.5 Å². The lowest BCUT2D eigenvalue weighted by Crippen LogP contribution is -2.41. The van der Waals surface area contributed by atoms with Gasteiger partial charge in [0.25, 0.3) is 5.91 Å². The van der Waals surface area contributed by atoms with E-state index in [4.69, 9.17) is 4.74 Å². The Morgan fingerprint density at radius 3 is 2.86 bits per heavy atom. The fraction of sp³-hybridized carbons (Fsp3) is 0.500. The van der Waals surface area contributed by atoms with Gasteiger partial charge in [-0.05, 0) is 31.9 Å². The van der Waals surface area contributed by atoms with Crippen molar-refractivity contribution in [1.82, 2.24) is 5.32 Å². The van der Waals surface area contributed by atoms with Crippen LogP contribution in [0.25, 0.3) is 0 Å². The van der Waals surface area contributed by atoms with Crippen LogP contribution in [0.1, 0.15) is 30.1 Å². The first-order chi connectivity index (χ1) is 10.0. The van der Waals surface area contributed by atoms with Crippen LogP contribution in [0, 0.1) is 10.1 Å². The summed E-state index contributed by atoms with van der Waals surface area (Å²) < 4.78 is 5.42. The number of hydrogen-bond donors (Lipinski definition) is 2. The van der Waals surface area contributed by atoms with E-state index in [0.717, 1.165) is 6.42 Å². The van der Waals surface area contributed by atoms with Gasteiger partial charge in [0.05, 0.1) is 11.0 Å². The Bertz CT molecular complexity index is 547. The number of anilines is 1. The summed E-state index contributed by atoms with van der Waals surface area (Å²) >= 11 is 0. The highest BCUT2D eigenvalue weighted by Gasteiger charge is 2.27. The lowest BCUT2D eigenvalue weighted by Gasteiger charge is -2.27. The molecule has 1 aromatic carbocycles. The zero-order chi connectivity index (χ0) is 15.4. The minimum Gasteiger partial charge on any atom is -0.383 e. The SMILES string of the molecule is CNc1cccc(C(=O)NC2CCOC(C)C2)c1[N+](=O)[O-]. The van der Waals surface area contributed by atoms with Crippen molar-refractivity contribution in [2.45, 2.75) is 31.9 Å². The smallest absolute Gasteiger partial charge is 0.305 e. The molecule has 0 radical (unpaired) electrons. The van der Waals surface area contributed by atoms with Gasteiger partial charge < -0.3 is 15.4 Å². The molecule has 2 atom stereocenters. The van der Waals surface area contributed by atoms with E-state index in [2.05, 4.69) is 10.6 Å². The lowest BCUT2D eigenvalue weighted by atomic mass is 10.0. The molecule has 1 heterocycles. The zero-order valence-corrected chi connectivity index (χ0v) is 12.1. The highest BCUT2D eigenvalue weighted by molar-refractivity contribution is 6.00. The van der Waals surface area contributed by atoms with Gasteiger partial charge >= 0.3 is 5.69 Å². The summed E-state index contributed by atoms with van der Waals surface area (Å²) in [6.07, 6.45) is 1.52. The summed E-state index contributed by atoms with van der Waals surface area (Å²) in [7, 11) is 1.59. The Labute approximate surface area is 122 Å². The monoisotopic (exact) mass is 293 g/mol. The quantitative estimate of drug-likeness (QED) is 0.653. The van der Waals surface area contributed by atoms with Crippen molar-refractivity contribution in [3.05, 3.63) is 33.9 Å². The van der Waals surface area contributed by atoms with Crippen LogP contribution < -0.4 is 10.6 Å². The number of benzene rings is 1. The zero-order valence-electron chi connectivity index (χ0n) is 12.1.